The molecule has 0 unspecified atom stereocenters. The van der Waals surface area contributed by atoms with Gasteiger partial charge in [-0.25, -0.2) is 8.42 Å². The maximum absolute atomic E-state index is 12.4. The SMILES string of the molecule is Cc1ccc(S(=O)(=O)NNC(=O)CSc2cccc3cccnc23)c(C)c1. The molecule has 0 aliphatic rings. The molecule has 1 amide bonds. The van der Waals surface area contributed by atoms with Crippen LogP contribution in [0.1, 0.15) is 11.1 Å². The predicted molar refractivity (Wildman–Crippen MR) is 107 cm³/mol. The van der Waals surface area contributed by atoms with Gasteiger partial charge in [0.05, 0.1) is 16.2 Å². The molecule has 0 aliphatic heterocycles. The van der Waals surface area contributed by atoms with Gasteiger partial charge in [0.2, 0.25) is 5.91 Å². The zero-order valence-corrected chi connectivity index (χ0v) is 16.5. The Hall–Kier alpha value is -2.42. The van der Waals surface area contributed by atoms with E-state index in [4.69, 9.17) is 0 Å². The number of amides is 1. The average molecular weight is 402 g/mol. The van der Waals surface area contributed by atoms with Crippen molar-refractivity contribution in [3.8, 4) is 0 Å². The zero-order valence-electron chi connectivity index (χ0n) is 14.9. The summed E-state index contributed by atoms with van der Waals surface area (Å²) in [5.41, 5.74) is 4.66. The lowest BCUT2D eigenvalue weighted by Gasteiger charge is -2.11. The first kappa shape index (κ1) is 19.3. The van der Waals surface area contributed by atoms with Crippen molar-refractivity contribution in [3.63, 3.8) is 0 Å². The number of rotatable bonds is 6. The number of hydrogen-bond acceptors (Lipinski definition) is 5. The van der Waals surface area contributed by atoms with Crippen LogP contribution < -0.4 is 10.3 Å². The van der Waals surface area contributed by atoms with Gasteiger partial charge in [0.25, 0.3) is 10.0 Å². The number of para-hydroxylation sites is 1. The van der Waals surface area contributed by atoms with Crippen molar-refractivity contribution in [2.75, 3.05) is 5.75 Å². The molecule has 0 atom stereocenters. The Labute approximate surface area is 162 Å². The molecule has 1 heterocycles. The topological polar surface area (TPSA) is 88.2 Å². The molecule has 0 saturated carbocycles. The van der Waals surface area contributed by atoms with Crippen molar-refractivity contribution in [2.45, 2.75) is 23.6 Å². The smallest absolute Gasteiger partial charge is 0.257 e. The number of fused-ring (bicyclic) bond motifs is 1. The lowest BCUT2D eigenvalue weighted by Crippen LogP contribution is -2.42. The number of sulfonamides is 1. The molecule has 1 aromatic heterocycles. The highest BCUT2D eigenvalue weighted by Crippen LogP contribution is 2.25. The van der Waals surface area contributed by atoms with Crippen LogP contribution in [0.25, 0.3) is 10.9 Å². The monoisotopic (exact) mass is 401 g/mol. The third-order valence-electron chi connectivity index (χ3n) is 3.90. The van der Waals surface area contributed by atoms with Gasteiger partial charge in [0, 0.05) is 16.5 Å². The lowest BCUT2D eigenvalue weighted by atomic mass is 10.2. The molecule has 0 fully saturated rings. The number of aryl methyl sites for hydroxylation is 2. The Balaban J connectivity index is 1.62. The second-order valence-electron chi connectivity index (χ2n) is 6.04. The van der Waals surface area contributed by atoms with Gasteiger partial charge < -0.3 is 0 Å². The first-order chi connectivity index (χ1) is 12.9. The van der Waals surface area contributed by atoms with Crippen molar-refractivity contribution in [3.05, 3.63) is 65.9 Å². The summed E-state index contributed by atoms with van der Waals surface area (Å²) in [6.45, 7) is 3.60. The normalized spacial score (nSPS) is 11.5. The largest absolute Gasteiger partial charge is 0.277 e. The van der Waals surface area contributed by atoms with Crippen LogP contribution in [0.4, 0.5) is 0 Å². The molecule has 140 valence electrons. The molecule has 3 aromatic rings. The van der Waals surface area contributed by atoms with Crippen LogP contribution in [-0.4, -0.2) is 25.1 Å². The molecule has 0 bridgehead atoms. The summed E-state index contributed by atoms with van der Waals surface area (Å²) in [5, 5.41) is 0.985. The van der Waals surface area contributed by atoms with Crippen molar-refractivity contribution in [1.82, 2.24) is 15.2 Å². The molecule has 2 N–H and O–H groups in total. The van der Waals surface area contributed by atoms with Crippen LogP contribution in [0.3, 0.4) is 0 Å². The number of carbonyl (C=O) groups is 1. The summed E-state index contributed by atoms with van der Waals surface area (Å²) in [6.07, 6.45) is 1.70. The Bertz CT molecular complexity index is 1090. The minimum Gasteiger partial charge on any atom is -0.277 e. The van der Waals surface area contributed by atoms with Crippen molar-refractivity contribution in [1.29, 1.82) is 0 Å². The van der Waals surface area contributed by atoms with Crippen LogP contribution in [-0.2, 0) is 14.8 Å². The molecule has 0 saturated heterocycles. The molecular formula is C19H19N3O3S2. The highest BCUT2D eigenvalue weighted by molar-refractivity contribution is 8.00. The summed E-state index contributed by atoms with van der Waals surface area (Å²) in [6, 6.07) is 14.5. The highest BCUT2D eigenvalue weighted by Gasteiger charge is 2.17. The molecule has 0 spiro atoms. The number of carbonyl (C=O) groups excluding carboxylic acids is 1. The predicted octanol–water partition coefficient (Wildman–Crippen LogP) is 2.95. The first-order valence-corrected chi connectivity index (χ1v) is 10.7. The molecule has 27 heavy (non-hydrogen) atoms. The second-order valence-corrected chi connectivity index (χ2v) is 8.71. The van der Waals surface area contributed by atoms with E-state index in [1.165, 1.54) is 17.8 Å². The van der Waals surface area contributed by atoms with Gasteiger partial charge in [-0.3, -0.25) is 15.2 Å². The fraction of sp³-hybridized carbons (Fsp3) is 0.158. The number of hydrogen-bond donors (Lipinski definition) is 2. The van der Waals surface area contributed by atoms with E-state index in [9.17, 15) is 13.2 Å². The van der Waals surface area contributed by atoms with E-state index < -0.39 is 15.9 Å². The molecule has 0 radical (unpaired) electrons. The zero-order chi connectivity index (χ0) is 19.4. The number of pyridine rings is 1. The van der Waals surface area contributed by atoms with Crippen LogP contribution in [0.15, 0.2) is 64.5 Å². The van der Waals surface area contributed by atoms with Gasteiger partial charge in [0.15, 0.2) is 0 Å². The van der Waals surface area contributed by atoms with Crippen molar-refractivity contribution in [2.24, 2.45) is 0 Å². The van der Waals surface area contributed by atoms with Gasteiger partial charge in [-0.15, -0.1) is 16.6 Å². The lowest BCUT2D eigenvalue weighted by molar-refractivity contribution is -0.119. The maximum Gasteiger partial charge on any atom is 0.257 e. The number of hydrazine groups is 1. The van der Waals surface area contributed by atoms with E-state index in [2.05, 4.69) is 15.2 Å². The Morgan fingerprint density at radius 2 is 1.89 bits per heavy atom. The highest BCUT2D eigenvalue weighted by atomic mass is 32.2. The third-order valence-corrected chi connectivity index (χ3v) is 6.35. The summed E-state index contributed by atoms with van der Waals surface area (Å²) < 4.78 is 24.8. The number of nitrogens with one attached hydrogen (secondary N) is 2. The Morgan fingerprint density at radius 1 is 1.11 bits per heavy atom. The molecule has 2 aromatic carbocycles. The van der Waals surface area contributed by atoms with Crippen molar-refractivity contribution < 1.29 is 13.2 Å². The number of nitrogens with zero attached hydrogens (tertiary/aromatic N) is 1. The van der Waals surface area contributed by atoms with Gasteiger partial charge in [-0.2, -0.15) is 0 Å². The van der Waals surface area contributed by atoms with Gasteiger partial charge in [-0.1, -0.05) is 35.9 Å². The number of thioether (sulfide) groups is 1. The second kappa shape index (κ2) is 8.08. The third kappa shape index (κ3) is 4.65. The molecule has 0 aliphatic carbocycles. The maximum atomic E-state index is 12.4. The van der Waals surface area contributed by atoms with E-state index in [-0.39, 0.29) is 10.6 Å². The molecule has 6 nitrogen and oxygen atoms in total. The first-order valence-electron chi connectivity index (χ1n) is 8.21. The number of benzene rings is 2. The van der Waals surface area contributed by atoms with E-state index >= 15 is 0 Å². The Morgan fingerprint density at radius 3 is 2.67 bits per heavy atom. The minimum absolute atomic E-state index is 0.0606. The van der Waals surface area contributed by atoms with Crippen LogP contribution >= 0.6 is 11.8 Å². The van der Waals surface area contributed by atoms with E-state index in [0.29, 0.717) is 5.56 Å². The van der Waals surface area contributed by atoms with Gasteiger partial charge >= 0.3 is 0 Å². The van der Waals surface area contributed by atoms with Crippen molar-refractivity contribution >= 4 is 38.6 Å². The molecule has 3 rings (SSSR count). The minimum atomic E-state index is -3.82. The van der Waals surface area contributed by atoms with Crippen LogP contribution in [0.5, 0.6) is 0 Å². The van der Waals surface area contributed by atoms with Gasteiger partial charge in [-0.05, 0) is 37.6 Å². The quantitative estimate of drug-likeness (QED) is 0.490. The van der Waals surface area contributed by atoms with Gasteiger partial charge in [0.1, 0.15) is 0 Å². The summed E-state index contributed by atoms with van der Waals surface area (Å²) in [4.78, 5) is 19.6. The van der Waals surface area contributed by atoms with Crippen LogP contribution in [0.2, 0.25) is 0 Å². The fourth-order valence-electron chi connectivity index (χ4n) is 2.65. The standard InChI is InChI=1S/C19H19N3O3S2/c1-13-8-9-17(14(2)11-13)27(24,25)22-21-18(23)12-26-16-7-3-5-15-6-4-10-20-19(15)16/h3-11,22H,12H2,1-2H3,(H,21,23). The van der Waals surface area contributed by atoms with E-state index in [1.807, 2.05) is 37.3 Å². The molecule has 8 heteroatoms. The summed E-state index contributed by atoms with van der Waals surface area (Å²) in [7, 11) is -3.82. The van der Waals surface area contributed by atoms with E-state index in [1.54, 1.807) is 25.3 Å². The summed E-state index contributed by atoms with van der Waals surface area (Å²) >= 11 is 1.30. The summed E-state index contributed by atoms with van der Waals surface area (Å²) in [5.74, 6) is -0.383. The fourth-order valence-corrected chi connectivity index (χ4v) is 4.58. The average Bonchev–Trinajstić information content (AvgIpc) is 2.64. The molecular weight excluding hydrogens is 382 g/mol. The number of aromatic nitrogens is 1. The van der Waals surface area contributed by atoms with E-state index in [0.717, 1.165) is 21.4 Å². The Kier molecular flexibility index (Phi) is 5.79. The van der Waals surface area contributed by atoms with Crippen LogP contribution in [0, 0.1) is 13.8 Å².